The van der Waals surface area contributed by atoms with Gasteiger partial charge in [-0.05, 0) is 60.6 Å². The molecular weight excluding hydrogens is 308 g/mol. The van der Waals surface area contributed by atoms with Gasteiger partial charge in [0.15, 0.2) is 0 Å². The molecule has 1 amide bonds. The summed E-state index contributed by atoms with van der Waals surface area (Å²) in [6.45, 7) is 2.02. The molecule has 1 aliphatic rings. The van der Waals surface area contributed by atoms with Crippen LogP contribution in [0.15, 0.2) is 22.7 Å². The molecule has 1 unspecified atom stereocenters. The minimum atomic E-state index is -0.0499. The van der Waals surface area contributed by atoms with Crippen molar-refractivity contribution in [2.45, 2.75) is 18.9 Å². The molecular formula is C14H19BrN2O2. The third-order valence-electron chi connectivity index (χ3n) is 3.38. The number of likely N-dealkylation sites (N-methyl/N-ethyl adjacent to an activating group) is 1. The van der Waals surface area contributed by atoms with Crippen molar-refractivity contribution in [2.24, 2.45) is 0 Å². The molecule has 0 saturated carbocycles. The molecule has 1 fully saturated rings. The second kappa shape index (κ2) is 6.39. The van der Waals surface area contributed by atoms with Crippen LogP contribution in [-0.4, -0.2) is 44.1 Å². The van der Waals surface area contributed by atoms with Crippen molar-refractivity contribution >= 4 is 21.8 Å². The summed E-state index contributed by atoms with van der Waals surface area (Å²) in [5.74, 6) is 0.639. The summed E-state index contributed by atoms with van der Waals surface area (Å²) in [5.41, 5.74) is 0.618. The second-order valence-corrected chi connectivity index (χ2v) is 5.77. The summed E-state index contributed by atoms with van der Waals surface area (Å²) in [7, 11) is 3.68. The van der Waals surface area contributed by atoms with Crippen molar-refractivity contribution in [1.29, 1.82) is 0 Å². The third kappa shape index (κ3) is 3.70. The number of hydrogen-bond donors (Lipinski definition) is 1. The van der Waals surface area contributed by atoms with E-state index >= 15 is 0 Å². The number of hydrogen-bond acceptors (Lipinski definition) is 3. The number of nitrogens with zero attached hydrogens (tertiary/aromatic N) is 1. The Morgan fingerprint density at radius 3 is 3.00 bits per heavy atom. The van der Waals surface area contributed by atoms with E-state index in [2.05, 4.69) is 33.2 Å². The number of benzene rings is 1. The lowest BCUT2D eigenvalue weighted by Gasteiger charge is -2.30. The normalized spacial score (nSPS) is 20.1. The van der Waals surface area contributed by atoms with Gasteiger partial charge in [-0.15, -0.1) is 0 Å². The molecule has 1 aromatic rings. The Morgan fingerprint density at radius 1 is 1.53 bits per heavy atom. The highest BCUT2D eigenvalue weighted by atomic mass is 79.9. The fraction of sp³-hybridized carbons (Fsp3) is 0.500. The molecule has 1 aromatic carbocycles. The zero-order chi connectivity index (χ0) is 13.8. The van der Waals surface area contributed by atoms with Gasteiger partial charge >= 0.3 is 0 Å². The number of methoxy groups -OCH3 is 1. The fourth-order valence-corrected chi connectivity index (χ4v) is 2.78. The Hall–Kier alpha value is -1.07. The van der Waals surface area contributed by atoms with Gasteiger partial charge in [0, 0.05) is 17.1 Å². The molecule has 104 valence electrons. The first-order valence-electron chi connectivity index (χ1n) is 6.43. The van der Waals surface area contributed by atoms with E-state index in [4.69, 9.17) is 4.74 Å². The molecule has 0 aromatic heterocycles. The van der Waals surface area contributed by atoms with E-state index in [0.29, 0.717) is 11.3 Å². The van der Waals surface area contributed by atoms with Crippen LogP contribution in [0.25, 0.3) is 0 Å². The number of amides is 1. The number of ether oxygens (including phenoxy) is 1. The van der Waals surface area contributed by atoms with Crippen LogP contribution < -0.4 is 10.1 Å². The maximum atomic E-state index is 12.3. The summed E-state index contributed by atoms with van der Waals surface area (Å²) in [6.07, 6.45) is 2.17. The van der Waals surface area contributed by atoms with Crippen LogP contribution in [0.2, 0.25) is 0 Å². The molecule has 0 spiro atoms. The van der Waals surface area contributed by atoms with Gasteiger partial charge in [-0.1, -0.05) is 0 Å². The molecule has 5 heteroatoms. The summed E-state index contributed by atoms with van der Waals surface area (Å²) < 4.78 is 5.94. The van der Waals surface area contributed by atoms with Crippen LogP contribution in [-0.2, 0) is 0 Å². The molecule has 1 aliphatic heterocycles. The van der Waals surface area contributed by atoms with Crippen molar-refractivity contribution in [3.63, 3.8) is 0 Å². The average Bonchev–Trinajstić information content (AvgIpc) is 2.39. The highest BCUT2D eigenvalue weighted by Crippen LogP contribution is 2.22. The van der Waals surface area contributed by atoms with Crippen molar-refractivity contribution < 1.29 is 9.53 Å². The molecule has 0 radical (unpaired) electrons. The van der Waals surface area contributed by atoms with E-state index in [1.54, 1.807) is 13.2 Å². The lowest BCUT2D eigenvalue weighted by molar-refractivity contribution is 0.0911. The average molecular weight is 327 g/mol. The van der Waals surface area contributed by atoms with E-state index in [9.17, 15) is 4.79 Å². The molecule has 0 bridgehead atoms. The first-order chi connectivity index (χ1) is 9.10. The molecule has 1 heterocycles. The first kappa shape index (κ1) is 14.3. The molecule has 1 atom stereocenters. The zero-order valence-corrected chi connectivity index (χ0v) is 12.9. The molecule has 0 aliphatic carbocycles. The van der Waals surface area contributed by atoms with Gasteiger partial charge in [0.1, 0.15) is 5.75 Å². The molecule has 1 N–H and O–H groups in total. The summed E-state index contributed by atoms with van der Waals surface area (Å²) in [4.78, 5) is 14.5. The van der Waals surface area contributed by atoms with Crippen LogP contribution in [0.3, 0.4) is 0 Å². The minimum Gasteiger partial charge on any atom is -0.497 e. The molecule has 1 saturated heterocycles. The van der Waals surface area contributed by atoms with Gasteiger partial charge in [-0.25, -0.2) is 0 Å². The molecule has 2 rings (SSSR count). The van der Waals surface area contributed by atoms with Gasteiger partial charge < -0.3 is 15.0 Å². The standard InChI is InChI=1S/C14H19BrN2O2/c1-17-7-3-4-10(9-17)16-14(18)12-8-11(19-2)5-6-13(12)15/h5-6,8,10H,3-4,7,9H2,1-2H3,(H,16,18). The van der Waals surface area contributed by atoms with Crippen LogP contribution in [0.4, 0.5) is 0 Å². The second-order valence-electron chi connectivity index (χ2n) is 4.92. The number of likely N-dealkylation sites (tertiary alicyclic amines) is 1. The van der Waals surface area contributed by atoms with Gasteiger partial charge in [0.2, 0.25) is 0 Å². The quantitative estimate of drug-likeness (QED) is 0.926. The van der Waals surface area contributed by atoms with E-state index in [1.165, 1.54) is 0 Å². The van der Waals surface area contributed by atoms with E-state index in [0.717, 1.165) is 30.4 Å². The summed E-state index contributed by atoms with van der Waals surface area (Å²) >= 11 is 3.41. The first-order valence-corrected chi connectivity index (χ1v) is 7.22. The van der Waals surface area contributed by atoms with E-state index in [-0.39, 0.29) is 11.9 Å². The minimum absolute atomic E-state index is 0.0499. The Bertz CT molecular complexity index is 465. The van der Waals surface area contributed by atoms with Crippen LogP contribution in [0.5, 0.6) is 5.75 Å². The maximum absolute atomic E-state index is 12.3. The zero-order valence-electron chi connectivity index (χ0n) is 11.3. The number of rotatable bonds is 3. The lowest BCUT2D eigenvalue weighted by atomic mass is 10.1. The Morgan fingerprint density at radius 2 is 2.32 bits per heavy atom. The van der Waals surface area contributed by atoms with Gasteiger partial charge in [0.25, 0.3) is 5.91 Å². The molecule has 4 nitrogen and oxygen atoms in total. The smallest absolute Gasteiger partial charge is 0.252 e. The van der Waals surface area contributed by atoms with E-state index in [1.807, 2.05) is 12.1 Å². The van der Waals surface area contributed by atoms with Crippen LogP contribution >= 0.6 is 15.9 Å². The van der Waals surface area contributed by atoms with Crippen molar-refractivity contribution in [2.75, 3.05) is 27.2 Å². The monoisotopic (exact) mass is 326 g/mol. The predicted molar refractivity (Wildman–Crippen MR) is 78.7 cm³/mol. The molecule has 19 heavy (non-hydrogen) atoms. The summed E-state index contributed by atoms with van der Waals surface area (Å²) in [5, 5.41) is 3.09. The fourth-order valence-electron chi connectivity index (χ4n) is 2.35. The van der Waals surface area contributed by atoms with Gasteiger partial charge in [-0.2, -0.15) is 0 Å². The SMILES string of the molecule is COc1ccc(Br)c(C(=O)NC2CCCN(C)C2)c1. The van der Waals surface area contributed by atoms with E-state index < -0.39 is 0 Å². The Balaban J connectivity index is 2.06. The third-order valence-corrected chi connectivity index (χ3v) is 4.07. The van der Waals surface area contributed by atoms with Crippen LogP contribution in [0, 0.1) is 0 Å². The van der Waals surface area contributed by atoms with Crippen molar-refractivity contribution in [3.05, 3.63) is 28.2 Å². The van der Waals surface area contributed by atoms with Crippen LogP contribution in [0.1, 0.15) is 23.2 Å². The Labute approximate surface area is 122 Å². The van der Waals surface area contributed by atoms with Crippen molar-refractivity contribution in [1.82, 2.24) is 10.2 Å². The Kier molecular flexibility index (Phi) is 4.82. The number of piperidine rings is 1. The highest BCUT2D eigenvalue weighted by molar-refractivity contribution is 9.10. The number of nitrogens with one attached hydrogen (secondary N) is 1. The van der Waals surface area contributed by atoms with Gasteiger partial charge in [-0.3, -0.25) is 4.79 Å². The lowest BCUT2D eigenvalue weighted by Crippen LogP contribution is -2.46. The topological polar surface area (TPSA) is 41.6 Å². The maximum Gasteiger partial charge on any atom is 0.252 e. The predicted octanol–water partition coefficient (Wildman–Crippen LogP) is 2.28. The largest absolute Gasteiger partial charge is 0.497 e. The highest BCUT2D eigenvalue weighted by Gasteiger charge is 2.20. The number of carbonyl (C=O) groups excluding carboxylic acids is 1. The summed E-state index contributed by atoms with van der Waals surface area (Å²) in [6, 6.07) is 5.64. The number of halogens is 1. The number of carbonyl (C=O) groups is 1. The van der Waals surface area contributed by atoms with Crippen molar-refractivity contribution in [3.8, 4) is 5.75 Å². The van der Waals surface area contributed by atoms with Gasteiger partial charge in [0.05, 0.1) is 12.7 Å².